The molecule has 130 valence electrons. The van der Waals surface area contributed by atoms with E-state index in [1.807, 2.05) is 54.8 Å². The Balaban J connectivity index is 1.71. The van der Waals surface area contributed by atoms with Gasteiger partial charge in [-0.2, -0.15) is 0 Å². The first-order valence-corrected chi connectivity index (χ1v) is 9.28. The van der Waals surface area contributed by atoms with Crippen molar-refractivity contribution >= 4 is 43.9 Å². The topological polar surface area (TPSA) is 55.2 Å². The van der Waals surface area contributed by atoms with E-state index in [4.69, 9.17) is 0 Å². The highest BCUT2D eigenvalue weighted by molar-refractivity contribution is 7.16. The molecule has 26 heavy (non-hydrogen) atoms. The van der Waals surface area contributed by atoms with E-state index < -0.39 is 0 Å². The minimum atomic E-state index is -0.182. The summed E-state index contributed by atoms with van der Waals surface area (Å²) in [6.45, 7) is 2.42. The molecule has 0 aliphatic rings. The Morgan fingerprint density at radius 2 is 1.92 bits per heavy atom. The third-order valence-electron chi connectivity index (χ3n) is 4.43. The monoisotopic (exact) mass is 363 g/mol. The molecule has 2 aromatic heterocycles. The van der Waals surface area contributed by atoms with Gasteiger partial charge in [-0.3, -0.25) is 14.2 Å². The van der Waals surface area contributed by atoms with E-state index in [2.05, 4.69) is 4.98 Å². The van der Waals surface area contributed by atoms with Crippen LogP contribution < -0.4 is 10.5 Å². The first-order chi connectivity index (χ1) is 12.7. The van der Waals surface area contributed by atoms with E-state index in [-0.39, 0.29) is 18.0 Å². The molecule has 2 heterocycles. The highest BCUT2D eigenvalue weighted by Crippen LogP contribution is 2.26. The van der Waals surface area contributed by atoms with E-state index in [1.165, 1.54) is 22.2 Å². The number of rotatable bonds is 4. The van der Waals surface area contributed by atoms with Crippen molar-refractivity contribution in [2.24, 2.45) is 0 Å². The van der Waals surface area contributed by atoms with Crippen molar-refractivity contribution in [1.29, 1.82) is 0 Å². The van der Waals surface area contributed by atoms with Gasteiger partial charge in [0.15, 0.2) is 0 Å². The zero-order chi connectivity index (χ0) is 18.1. The largest absolute Gasteiger partial charge is 0.311 e. The number of aromatic nitrogens is 2. The molecular weight excluding hydrogens is 346 g/mol. The van der Waals surface area contributed by atoms with Crippen molar-refractivity contribution < 1.29 is 4.79 Å². The number of carbonyl (C=O) groups is 1. The van der Waals surface area contributed by atoms with Gasteiger partial charge in [0.25, 0.3) is 5.56 Å². The Labute approximate surface area is 154 Å². The summed E-state index contributed by atoms with van der Waals surface area (Å²) in [7, 11) is 0. The predicted molar refractivity (Wildman–Crippen MR) is 106 cm³/mol. The van der Waals surface area contributed by atoms with Crippen molar-refractivity contribution in [3.63, 3.8) is 0 Å². The van der Waals surface area contributed by atoms with Gasteiger partial charge in [-0.1, -0.05) is 36.4 Å². The lowest BCUT2D eigenvalue weighted by Gasteiger charge is -2.23. The molecule has 0 spiro atoms. The van der Waals surface area contributed by atoms with Gasteiger partial charge < -0.3 is 4.90 Å². The summed E-state index contributed by atoms with van der Waals surface area (Å²) in [4.78, 5) is 32.2. The molecule has 0 radical (unpaired) electrons. The van der Waals surface area contributed by atoms with Crippen LogP contribution in [0.3, 0.4) is 0 Å². The van der Waals surface area contributed by atoms with E-state index in [9.17, 15) is 9.59 Å². The van der Waals surface area contributed by atoms with Crippen LogP contribution in [-0.2, 0) is 11.3 Å². The average Bonchev–Trinajstić information content (AvgIpc) is 3.14. The van der Waals surface area contributed by atoms with Gasteiger partial charge >= 0.3 is 0 Å². The number of fused-ring (bicyclic) bond motifs is 2. The number of thiophene rings is 1. The molecule has 0 unspecified atom stereocenters. The fourth-order valence-electron chi connectivity index (χ4n) is 3.16. The molecule has 0 bridgehead atoms. The van der Waals surface area contributed by atoms with Crippen LogP contribution in [-0.4, -0.2) is 22.0 Å². The maximum atomic E-state index is 13.0. The minimum Gasteiger partial charge on any atom is -0.311 e. The Kier molecular flexibility index (Phi) is 4.26. The van der Waals surface area contributed by atoms with Crippen LogP contribution in [0.2, 0.25) is 0 Å². The quantitative estimate of drug-likeness (QED) is 0.556. The number of nitrogens with zero attached hydrogens (tertiary/aromatic N) is 3. The van der Waals surface area contributed by atoms with Gasteiger partial charge in [-0.25, -0.2) is 4.98 Å². The third-order valence-corrected chi connectivity index (χ3v) is 5.25. The van der Waals surface area contributed by atoms with Crippen molar-refractivity contribution in [2.45, 2.75) is 13.5 Å². The lowest BCUT2D eigenvalue weighted by molar-refractivity contribution is -0.119. The average molecular weight is 363 g/mol. The number of hydrogen-bond donors (Lipinski definition) is 0. The van der Waals surface area contributed by atoms with Gasteiger partial charge in [-0.05, 0) is 29.8 Å². The Morgan fingerprint density at radius 3 is 2.77 bits per heavy atom. The van der Waals surface area contributed by atoms with Gasteiger partial charge in [0, 0.05) is 11.9 Å². The molecule has 0 fully saturated rings. The number of amides is 1. The smallest absolute Gasteiger partial charge is 0.262 e. The summed E-state index contributed by atoms with van der Waals surface area (Å²) in [6, 6.07) is 15.6. The standard InChI is InChI=1S/C20H17N3O2S/c1-2-23(17-9-5-7-14-6-3-4-8-15(14)17)18(24)12-22-13-21-19-16(20(22)25)10-11-26-19/h3-11,13H,2,12H2,1H3. The molecule has 6 heteroatoms. The molecule has 5 nitrogen and oxygen atoms in total. The Hall–Kier alpha value is -2.99. The van der Waals surface area contributed by atoms with Crippen molar-refractivity contribution in [1.82, 2.24) is 9.55 Å². The molecule has 0 saturated heterocycles. The van der Waals surface area contributed by atoms with Gasteiger partial charge in [0.2, 0.25) is 5.91 Å². The second-order valence-corrected chi connectivity index (χ2v) is 6.85. The van der Waals surface area contributed by atoms with Crippen LogP contribution in [0.25, 0.3) is 21.0 Å². The molecule has 0 N–H and O–H groups in total. The third kappa shape index (κ3) is 2.78. The van der Waals surface area contributed by atoms with Crippen molar-refractivity contribution in [3.8, 4) is 0 Å². The molecule has 0 atom stereocenters. The number of carbonyl (C=O) groups excluding carboxylic acids is 1. The zero-order valence-corrected chi connectivity index (χ0v) is 15.1. The lowest BCUT2D eigenvalue weighted by atomic mass is 10.1. The fourth-order valence-corrected chi connectivity index (χ4v) is 3.89. The highest BCUT2D eigenvalue weighted by atomic mass is 32.1. The molecule has 0 aliphatic carbocycles. The Morgan fingerprint density at radius 1 is 1.12 bits per heavy atom. The van der Waals surface area contributed by atoms with E-state index in [1.54, 1.807) is 11.0 Å². The molecule has 1 amide bonds. The van der Waals surface area contributed by atoms with Crippen LogP contribution in [0.1, 0.15) is 6.92 Å². The van der Waals surface area contributed by atoms with Crippen LogP contribution in [0.4, 0.5) is 5.69 Å². The molecule has 0 aliphatic heterocycles. The van der Waals surface area contributed by atoms with Crippen LogP contribution in [0.5, 0.6) is 0 Å². The molecule has 0 saturated carbocycles. The molecule has 4 aromatic rings. The molecular formula is C20H17N3O2S. The van der Waals surface area contributed by atoms with E-state index in [0.717, 1.165) is 16.5 Å². The SMILES string of the molecule is CCN(C(=O)Cn1cnc2sccc2c1=O)c1cccc2ccccc12. The summed E-state index contributed by atoms with van der Waals surface area (Å²) in [5.74, 6) is -0.137. The highest BCUT2D eigenvalue weighted by Gasteiger charge is 2.18. The summed E-state index contributed by atoms with van der Waals surface area (Å²) >= 11 is 1.42. The number of likely N-dealkylation sites (N-methyl/N-ethyl adjacent to an activating group) is 1. The molecule has 2 aromatic carbocycles. The van der Waals surface area contributed by atoms with E-state index >= 15 is 0 Å². The Bertz CT molecular complexity index is 1160. The first-order valence-electron chi connectivity index (χ1n) is 8.40. The van der Waals surface area contributed by atoms with Crippen molar-refractivity contribution in [3.05, 3.63) is 70.6 Å². The number of anilines is 1. The van der Waals surface area contributed by atoms with Gasteiger partial charge in [-0.15, -0.1) is 11.3 Å². The van der Waals surface area contributed by atoms with E-state index in [0.29, 0.717) is 16.8 Å². The van der Waals surface area contributed by atoms with Crippen LogP contribution in [0.15, 0.2) is 65.0 Å². The summed E-state index contributed by atoms with van der Waals surface area (Å²) in [6.07, 6.45) is 1.45. The maximum Gasteiger partial charge on any atom is 0.262 e. The normalized spacial score (nSPS) is 11.1. The fraction of sp³-hybridized carbons (Fsp3) is 0.150. The van der Waals surface area contributed by atoms with Crippen molar-refractivity contribution in [2.75, 3.05) is 11.4 Å². The van der Waals surface area contributed by atoms with Gasteiger partial charge in [0.05, 0.1) is 17.4 Å². The zero-order valence-electron chi connectivity index (χ0n) is 14.3. The summed E-state index contributed by atoms with van der Waals surface area (Å²) in [5.41, 5.74) is 0.673. The number of hydrogen-bond acceptors (Lipinski definition) is 4. The first kappa shape index (κ1) is 16.5. The maximum absolute atomic E-state index is 13.0. The second-order valence-electron chi connectivity index (χ2n) is 5.95. The summed E-state index contributed by atoms with van der Waals surface area (Å²) in [5, 5.41) is 4.48. The minimum absolute atomic E-state index is 0.0331. The predicted octanol–water partition coefficient (Wildman–Crippen LogP) is 3.66. The molecule has 4 rings (SSSR count). The summed E-state index contributed by atoms with van der Waals surface area (Å²) < 4.78 is 1.38. The number of benzene rings is 2. The van der Waals surface area contributed by atoms with Gasteiger partial charge in [0.1, 0.15) is 11.4 Å². The lowest BCUT2D eigenvalue weighted by Crippen LogP contribution is -2.36. The second kappa shape index (κ2) is 6.72. The van der Waals surface area contributed by atoms with Crippen LogP contribution in [0, 0.1) is 0 Å². The van der Waals surface area contributed by atoms with Crippen LogP contribution >= 0.6 is 11.3 Å².